The largest absolute Gasteiger partial charge is 0.349 e. The van der Waals surface area contributed by atoms with Crippen molar-refractivity contribution < 1.29 is 17.6 Å². The second kappa shape index (κ2) is 9.57. The molecule has 3 aromatic rings. The fraction of sp³-hybridized carbons (Fsp3) is 0.360. The lowest BCUT2D eigenvalue weighted by molar-refractivity contribution is -0.126. The molecule has 1 aliphatic rings. The van der Waals surface area contributed by atoms with Crippen molar-refractivity contribution in [1.82, 2.24) is 15.0 Å². The van der Waals surface area contributed by atoms with Crippen LogP contribution in [0.1, 0.15) is 49.9 Å². The Morgan fingerprint density at radius 2 is 1.73 bits per heavy atom. The number of rotatable bonds is 6. The average Bonchev–Trinajstić information content (AvgIpc) is 2.79. The molecule has 0 unspecified atom stereocenters. The van der Waals surface area contributed by atoms with Gasteiger partial charge in [-0.15, -0.1) is 0 Å². The van der Waals surface area contributed by atoms with Crippen LogP contribution in [0.3, 0.4) is 0 Å². The molecule has 33 heavy (non-hydrogen) atoms. The van der Waals surface area contributed by atoms with Crippen LogP contribution in [0.5, 0.6) is 0 Å². The molecule has 6 nitrogen and oxygen atoms in total. The van der Waals surface area contributed by atoms with E-state index in [1.54, 1.807) is 30.3 Å². The van der Waals surface area contributed by atoms with E-state index in [-0.39, 0.29) is 34.6 Å². The van der Waals surface area contributed by atoms with Crippen molar-refractivity contribution in [1.29, 1.82) is 0 Å². The Morgan fingerprint density at radius 1 is 1.03 bits per heavy atom. The minimum atomic E-state index is -3.67. The third-order valence-corrected chi connectivity index (χ3v) is 7.78. The summed E-state index contributed by atoms with van der Waals surface area (Å²) in [5.41, 5.74) is 2.48. The van der Waals surface area contributed by atoms with Crippen LogP contribution in [0, 0.1) is 18.7 Å². The van der Waals surface area contributed by atoms with Gasteiger partial charge in [-0.25, -0.2) is 17.5 Å². The Hall–Kier alpha value is -2.84. The van der Waals surface area contributed by atoms with Gasteiger partial charge >= 0.3 is 0 Å². The number of hydrogen-bond donors (Lipinski definition) is 2. The van der Waals surface area contributed by atoms with Crippen molar-refractivity contribution in [3.05, 3.63) is 71.7 Å². The van der Waals surface area contributed by atoms with Crippen molar-refractivity contribution in [3.63, 3.8) is 0 Å². The molecule has 8 heteroatoms. The highest BCUT2D eigenvalue weighted by atomic mass is 32.2. The zero-order valence-corrected chi connectivity index (χ0v) is 19.5. The predicted octanol–water partition coefficient (Wildman–Crippen LogP) is 4.40. The number of sulfonamides is 1. The molecular formula is C25H28FN3O3S. The Morgan fingerprint density at radius 3 is 2.42 bits per heavy atom. The van der Waals surface area contributed by atoms with Crippen LogP contribution in [-0.4, -0.2) is 25.4 Å². The molecule has 174 valence electrons. The minimum Gasteiger partial charge on any atom is -0.349 e. The second-order valence-corrected chi connectivity index (χ2v) is 10.5. The Balaban J connectivity index is 1.33. The van der Waals surface area contributed by atoms with E-state index in [4.69, 9.17) is 0 Å². The zero-order chi connectivity index (χ0) is 23.6. The van der Waals surface area contributed by atoms with Gasteiger partial charge in [-0.1, -0.05) is 18.2 Å². The first kappa shape index (κ1) is 23.3. The maximum absolute atomic E-state index is 13.1. The first-order valence-electron chi connectivity index (χ1n) is 11.2. The van der Waals surface area contributed by atoms with Gasteiger partial charge in [0.15, 0.2) is 0 Å². The third kappa shape index (κ3) is 5.57. The first-order chi connectivity index (χ1) is 15.7. The van der Waals surface area contributed by atoms with Crippen LogP contribution >= 0.6 is 0 Å². The zero-order valence-electron chi connectivity index (χ0n) is 18.7. The SMILES string of the molecule is Cc1ccc2cc(S(=O)(=O)NC3CCC(C(=O)N[C@H](C)c4ccc(F)cc4)CC3)ccc2n1. The smallest absolute Gasteiger partial charge is 0.240 e. The molecule has 1 amide bonds. The Labute approximate surface area is 193 Å². The number of aryl methyl sites for hydroxylation is 1. The van der Waals surface area contributed by atoms with Gasteiger partial charge in [0.2, 0.25) is 15.9 Å². The quantitative estimate of drug-likeness (QED) is 0.560. The Kier molecular flexibility index (Phi) is 6.76. The van der Waals surface area contributed by atoms with Crippen LogP contribution in [0.4, 0.5) is 4.39 Å². The van der Waals surface area contributed by atoms with E-state index in [9.17, 15) is 17.6 Å². The van der Waals surface area contributed by atoms with Gasteiger partial charge in [-0.05, 0) is 81.5 Å². The topological polar surface area (TPSA) is 88.2 Å². The van der Waals surface area contributed by atoms with Crippen molar-refractivity contribution in [2.45, 2.75) is 56.5 Å². The highest BCUT2D eigenvalue weighted by Crippen LogP contribution is 2.27. The summed E-state index contributed by atoms with van der Waals surface area (Å²) in [6, 6.07) is 14.3. The van der Waals surface area contributed by atoms with Crippen LogP contribution in [0.25, 0.3) is 10.9 Å². The summed E-state index contributed by atoms with van der Waals surface area (Å²) in [6.07, 6.45) is 2.40. The summed E-state index contributed by atoms with van der Waals surface area (Å²) in [5, 5.41) is 3.77. The van der Waals surface area contributed by atoms with Gasteiger partial charge in [0, 0.05) is 23.0 Å². The number of carbonyl (C=O) groups excluding carboxylic acids is 1. The molecule has 0 spiro atoms. The van der Waals surface area contributed by atoms with E-state index in [0.29, 0.717) is 25.7 Å². The number of benzene rings is 2. The molecule has 2 aromatic carbocycles. The molecule has 1 aliphatic carbocycles. The maximum Gasteiger partial charge on any atom is 0.240 e. The van der Waals surface area contributed by atoms with Crippen molar-refractivity contribution >= 4 is 26.8 Å². The normalized spacial score (nSPS) is 19.8. The Bertz CT molecular complexity index is 1250. The number of nitrogens with zero attached hydrogens (tertiary/aromatic N) is 1. The number of halogens is 1. The lowest BCUT2D eigenvalue weighted by Gasteiger charge is -2.29. The van der Waals surface area contributed by atoms with Crippen LogP contribution in [0.2, 0.25) is 0 Å². The summed E-state index contributed by atoms with van der Waals surface area (Å²) in [5.74, 6) is -0.525. The minimum absolute atomic E-state index is 0.0505. The molecule has 1 aromatic heterocycles. The highest BCUT2D eigenvalue weighted by molar-refractivity contribution is 7.89. The van der Waals surface area contributed by atoms with E-state index in [1.165, 1.54) is 12.1 Å². The fourth-order valence-corrected chi connectivity index (χ4v) is 5.64. The van der Waals surface area contributed by atoms with Gasteiger partial charge in [-0.2, -0.15) is 0 Å². The van der Waals surface area contributed by atoms with E-state index >= 15 is 0 Å². The van der Waals surface area contributed by atoms with Crippen LogP contribution in [0.15, 0.2) is 59.5 Å². The number of amides is 1. The maximum atomic E-state index is 13.1. The number of hydrogen-bond acceptors (Lipinski definition) is 4. The lowest BCUT2D eigenvalue weighted by atomic mass is 9.85. The molecule has 1 heterocycles. The molecule has 0 aliphatic heterocycles. The first-order valence-corrected chi connectivity index (χ1v) is 12.7. The van der Waals surface area contributed by atoms with Crippen LogP contribution in [-0.2, 0) is 14.8 Å². The molecule has 1 fully saturated rings. The van der Waals surface area contributed by atoms with E-state index in [1.807, 2.05) is 26.0 Å². The summed E-state index contributed by atoms with van der Waals surface area (Å²) in [4.78, 5) is 17.3. The van der Waals surface area contributed by atoms with Crippen molar-refractivity contribution in [3.8, 4) is 0 Å². The third-order valence-electron chi connectivity index (χ3n) is 6.26. The summed E-state index contributed by atoms with van der Waals surface area (Å²) >= 11 is 0. The van der Waals surface area contributed by atoms with E-state index in [2.05, 4.69) is 15.0 Å². The number of carbonyl (C=O) groups is 1. The molecule has 0 radical (unpaired) electrons. The van der Waals surface area contributed by atoms with Gasteiger partial charge in [0.1, 0.15) is 5.82 Å². The van der Waals surface area contributed by atoms with Gasteiger partial charge in [-0.3, -0.25) is 9.78 Å². The second-order valence-electron chi connectivity index (χ2n) is 8.76. The van der Waals surface area contributed by atoms with Gasteiger partial charge < -0.3 is 5.32 Å². The lowest BCUT2D eigenvalue weighted by Crippen LogP contribution is -2.41. The molecule has 0 bridgehead atoms. The fourth-order valence-electron chi connectivity index (χ4n) is 4.30. The predicted molar refractivity (Wildman–Crippen MR) is 126 cm³/mol. The molecular weight excluding hydrogens is 441 g/mol. The molecule has 1 atom stereocenters. The molecule has 1 saturated carbocycles. The van der Waals surface area contributed by atoms with Gasteiger partial charge in [0.25, 0.3) is 0 Å². The summed E-state index contributed by atoms with van der Waals surface area (Å²) in [7, 11) is -3.67. The van der Waals surface area contributed by atoms with E-state index < -0.39 is 10.0 Å². The molecule has 2 N–H and O–H groups in total. The van der Waals surface area contributed by atoms with Crippen molar-refractivity contribution in [2.24, 2.45) is 5.92 Å². The van der Waals surface area contributed by atoms with Gasteiger partial charge in [0.05, 0.1) is 16.5 Å². The van der Waals surface area contributed by atoms with E-state index in [0.717, 1.165) is 22.2 Å². The number of aromatic nitrogens is 1. The monoisotopic (exact) mass is 469 g/mol. The van der Waals surface area contributed by atoms with Crippen molar-refractivity contribution in [2.75, 3.05) is 0 Å². The summed E-state index contributed by atoms with van der Waals surface area (Å²) in [6.45, 7) is 3.76. The number of pyridine rings is 1. The molecule has 0 saturated heterocycles. The average molecular weight is 470 g/mol. The number of nitrogens with one attached hydrogen (secondary N) is 2. The molecule has 4 rings (SSSR count). The summed E-state index contributed by atoms with van der Waals surface area (Å²) < 4.78 is 41.7. The van der Waals surface area contributed by atoms with Crippen LogP contribution < -0.4 is 10.0 Å². The number of fused-ring (bicyclic) bond motifs is 1. The highest BCUT2D eigenvalue weighted by Gasteiger charge is 2.29. The standard InChI is InChI=1S/C25H28FN3O3S/c1-16-3-4-20-15-23(13-14-24(20)27-16)33(31,32)29-22-11-7-19(8-12-22)25(30)28-17(2)18-5-9-21(26)10-6-18/h3-6,9-10,13-15,17,19,22,29H,7-8,11-12H2,1-2H3,(H,28,30)/t17-,19?,22?/m1/s1.